The number of amides is 2. The van der Waals surface area contributed by atoms with Crippen LogP contribution >= 0.6 is 0 Å². The van der Waals surface area contributed by atoms with E-state index >= 15 is 0 Å². The molecular formula is C60H76N8O10. The van der Waals surface area contributed by atoms with Crippen LogP contribution in [0.3, 0.4) is 0 Å². The van der Waals surface area contributed by atoms with E-state index in [4.69, 9.17) is 34.2 Å². The molecule has 78 heavy (non-hydrogen) atoms. The van der Waals surface area contributed by atoms with Crippen LogP contribution in [0.15, 0.2) is 107 Å². The fourth-order valence-corrected chi connectivity index (χ4v) is 10.5. The van der Waals surface area contributed by atoms with Crippen LogP contribution in [-0.2, 0) is 35.7 Å². The highest BCUT2D eigenvalue weighted by molar-refractivity contribution is 5.98. The number of rotatable bonds is 13. The molecule has 2 aromatic heterocycles. The molecule has 2 saturated heterocycles. The Hall–Kier alpha value is -7.28. The van der Waals surface area contributed by atoms with Crippen molar-refractivity contribution in [1.82, 2.24) is 29.2 Å². The van der Waals surface area contributed by atoms with Crippen molar-refractivity contribution in [2.45, 2.75) is 117 Å². The fraction of sp³-hybridized carbons (Fsp3) is 0.467. The number of hydrogen-bond acceptors (Lipinski definition) is 14. The second-order valence-electron chi connectivity index (χ2n) is 22.4. The summed E-state index contributed by atoms with van der Waals surface area (Å²) in [7, 11) is 0. The minimum atomic E-state index is -0.655. The number of carbonyl (C=O) groups excluding carboxylic acids is 2. The number of pyridine rings is 2. The highest BCUT2D eigenvalue weighted by atomic mass is 16.6. The lowest BCUT2D eigenvalue weighted by Crippen LogP contribution is -2.49. The standard InChI is InChI=1S/C35H46N4O7.C25H30N4O3/c1-34(2,3)45-32(41)36-27-22-31(40)38(28-10-8-7-9-26(27)28)18-17-37-15-13-25(14-16-37)39(33(42)46-35(4,5)6)23-24-11-12-29-30(21-24)44-20-19-43-29;26-21-16-25(30)29(22-4-2-1-3-20(21)22)12-11-28-9-7-19(8-10-28)27-17-18-5-6-23-24(15-18)32-14-13-31-23/h7-12,21-22,25H,13-20,23H2,1-6H3,(H,36,41);1-6,15-16,19,27H,7-14,17,26H2. The van der Waals surface area contributed by atoms with Gasteiger partial charge < -0.3 is 63.3 Å². The molecule has 2 fully saturated rings. The van der Waals surface area contributed by atoms with Crippen LogP contribution in [0.25, 0.3) is 21.8 Å². The van der Waals surface area contributed by atoms with Gasteiger partial charge in [0.25, 0.3) is 11.1 Å². The average Bonchev–Trinajstić information content (AvgIpc) is 3.52. The number of hydrogen-bond donors (Lipinski definition) is 3. The molecule has 0 atom stereocenters. The number of nitrogens with zero attached hydrogens (tertiary/aromatic N) is 5. The van der Waals surface area contributed by atoms with Crippen molar-refractivity contribution in [1.29, 1.82) is 0 Å². The Morgan fingerprint density at radius 1 is 0.603 bits per heavy atom. The minimum Gasteiger partial charge on any atom is -0.486 e. The van der Waals surface area contributed by atoms with Gasteiger partial charge in [0.2, 0.25) is 0 Å². The second kappa shape index (κ2) is 24.6. The Balaban J connectivity index is 0.000000202. The number of anilines is 2. The molecule has 18 nitrogen and oxygen atoms in total. The van der Waals surface area contributed by atoms with Crippen molar-refractivity contribution in [2.75, 3.05) is 76.7 Å². The maximum absolute atomic E-state index is 13.4. The van der Waals surface area contributed by atoms with E-state index in [1.807, 2.05) is 103 Å². The molecule has 18 heteroatoms. The van der Waals surface area contributed by atoms with E-state index in [9.17, 15) is 19.2 Å². The summed E-state index contributed by atoms with van der Waals surface area (Å²) in [6.45, 7) is 20.8. The number of nitrogen functional groups attached to an aromatic ring is 1. The Labute approximate surface area is 456 Å². The zero-order chi connectivity index (χ0) is 55.0. The van der Waals surface area contributed by atoms with Crippen molar-refractivity contribution < 1.29 is 38.0 Å². The quantitative estimate of drug-likeness (QED) is 0.0995. The minimum absolute atomic E-state index is 0.000987. The summed E-state index contributed by atoms with van der Waals surface area (Å²) in [5.74, 6) is 3.09. The van der Waals surface area contributed by atoms with Gasteiger partial charge in [0, 0.05) is 93.0 Å². The summed E-state index contributed by atoms with van der Waals surface area (Å²) in [5, 5.41) is 8.13. The van der Waals surface area contributed by atoms with Gasteiger partial charge in [0.05, 0.1) is 16.7 Å². The number of ether oxygens (including phenoxy) is 6. The lowest BCUT2D eigenvalue weighted by Gasteiger charge is -2.39. The third kappa shape index (κ3) is 14.4. The molecule has 416 valence electrons. The molecule has 0 spiro atoms. The van der Waals surface area contributed by atoms with Gasteiger partial charge in [-0.1, -0.05) is 48.5 Å². The normalized spacial score (nSPS) is 16.3. The van der Waals surface area contributed by atoms with E-state index in [1.54, 1.807) is 25.3 Å². The first kappa shape index (κ1) is 55.5. The zero-order valence-corrected chi connectivity index (χ0v) is 46.0. The van der Waals surface area contributed by atoms with E-state index < -0.39 is 17.3 Å². The molecule has 6 aromatic rings. The molecule has 10 rings (SSSR count). The first-order chi connectivity index (χ1) is 37.4. The van der Waals surface area contributed by atoms with E-state index in [0.29, 0.717) is 81.5 Å². The average molecular weight is 1070 g/mol. The predicted molar refractivity (Wildman–Crippen MR) is 303 cm³/mol. The maximum atomic E-state index is 13.4. The van der Waals surface area contributed by atoms with Gasteiger partial charge in [-0.2, -0.15) is 0 Å². The lowest BCUT2D eigenvalue weighted by molar-refractivity contribution is 0.00560. The Morgan fingerprint density at radius 2 is 1.10 bits per heavy atom. The molecule has 4 aromatic carbocycles. The molecular weight excluding hydrogens is 993 g/mol. The molecule has 6 heterocycles. The van der Waals surface area contributed by atoms with Crippen LogP contribution in [0.5, 0.6) is 23.0 Å². The van der Waals surface area contributed by atoms with Crippen molar-refractivity contribution >= 4 is 45.4 Å². The van der Waals surface area contributed by atoms with E-state index in [-0.39, 0.29) is 23.3 Å². The third-order valence-electron chi connectivity index (χ3n) is 14.4. The summed E-state index contributed by atoms with van der Waals surface area (Å²) in [6.07, 6.45) is 2.81. The van der Waals surface area contributed by atoms with Gasteiger partial charge in [-0.05, 0) is 128 Å². The van der Waals surface area contributed by atoms with Crippen molar-refractivity contribution in [2.24, 2.45) is 0 Å². The van der Waals surface area contributed by atoms with Crippen molar-refractivity contribution in [3.8, 4) is 23.0 Å². The summed E-state index contributed by atoms with van der Waals surface area (Å²) in [6, 6.07) is 30.9. The largest absolute Gasteiger partial charge is 0.486 e. The monoisotopic (exact) mass is 1070 g/mol. The van der Waals surface area contributed by atoms with Gasteiger partial charge in [0.15, 0.2) is 23.0 Å². The number of nitrogens with one attached hydrogen (secondary N) is 2. The van der Waals surface area contributed by atoms with Gasteiger partial charge in [-0.15, -0.1) is 0 Å². The van der Waals surface area contributed by atoms with Crippen LogP contribution in [0.2, 0.25) is 0 Å². The SMILES string of the molecule is CC(C)(C)OC(=O)Nc1cc(=O)n(CCN2CCC(N(Cc3ccc4c(c3)OCCO4)C(=O)OC(C)(C)C)CC2)c2ccccc12.Nc1cc(=O)n(CCN2CCC(NCc3ccc4c(c3)OCCO4)CC2)c2ccccc12. The van der Waals surface area contributed by atoms with E-state index in [2.05, 4.69) is 32.6 Å². The Kier molecular flexibility index (Phi) is 17.5. The molecule has 4 aliphatic rings. The number of para-hydroxylation sites is 2. The molecule has 0 saturated carbocycles. The molecule has 4 N–H and O–H groups in total. The van der Waals surface area contributed by atoms with Crippen LogP contribution in [0.1, 0.15) is 78.4 Å². The van der Waals surface area contributed by atoms with Gasteiger partial charge in [-0.3, -0.25) is 14.9 Å². The Bertz CT molecular complexity index is 3180. The number of likely N-dealkylation sites (tertiary alicyclic amines) is 2. The van der Waals surface area contributed by atoms with Gasteiger partial charge in [-0.25, -0.2) is 9.59 Å². The van der Waals surface area contributed by atoms with Crippen LogP contribution in [0.4, 0.5) is 21.0 Å². The number of nitrogens with two attached hydrogens (primary N) is 1. The summed E-state index contributed by atoms with van der Waals surface area (Å²) >= 11 is 0. The number of aromatic nitrogens is 2. The summed E-state index contributed by atoms with van der Waals surface area (Å²) in [4.78, 5) is 58.3. The number of benzene rings is 4. The van der Waals surface area contributed by atoms with Gasteiger partial charge >= 0.3 is 12.2 Å². The molecule has 0 unspecified atom stereocenters. The smallest absolute Gasteiger partial charge is 0.412 e. The van der Waals surface area contributed by atoms with Crippen molar-refractivity contribution in [3.05, 3.63) is 129 Å². The predicted octanol–water partition coefficient (Wildman–Crippen LogP) is 8.63. The third-order valence-corrected chi connectivity index (χ3v) is 14.4. The molecule has 2 amide bonds. The van der Waals surface area contributed by atoms with Crippen LogP contribution < -0.4 is 46.4 Å². The van der Waals surface area contributed by atoms with Crippen LogP contribution in [-0.4, -0.2) is 125 Å². The molecule has 0 aliphatic carbocycles. The van der Waals surface area contributed by atoms with E-state index in [0.717, 1.165) is 104 Å². The summed E-state index contributed by atoms with van der Waals surface area (Å²) in [5.41, 5.74) is 9.33. The van der Waals surface area contributed by atoms with Gasteiger partial charge in [0.1, 0.15) is 37.6 Å². The van der Waals surface area contributed by atoms with E-state index in [1.165, 1.54) is 17.7 Å². The molecule has 4 aliphatic heterocycles. The van der Waals surface area contributed by atoms with Crippen LogP contribution in [0, 0.1) is 0 Å². The molecule has 0 radical (unpaired) electrons. The number of carbonyl (C=O) groups is 2. The first-order valence-electron chi connectivity index (χ1n) is 27.4. The number of fused-ring (bicyclic) bond motifs is 4. The topological polar surface area (TPSA) is 193 Å². The fourth-order valence-electron chi connectivity index (χ4n) is 10.5. The lowest BCUT2D eigenvalue weighted by atomic mass is 10.0. The zero-order valence-electron chi connectivity index (χ0n) is 46.0. The Morgan fingerprint density at radius 3 is 1.69 bits per heavy atom. The summed E-state index contributed by atoms with van der Waals surface area (Å²) < 4.78 is 37.5. The first-order valence-corrected chi connectivity index (χ1v) is 27.4. The maximum Gasteiger partial charge on any atom is 0.412 e. The van der Waals surface area contributed by atoms with Crippen molar-refractivity contribution in [3.63, 3.8) is 0 Å². The highest BCUT2D eigenvalue weighted by Gasteiger charge is 2.32. The highest BCUT2D eigenvalue weighted by Crippen LogP contribution is 2.33. The molecule has 0 bridgehead atoms. The second-order valence-corrected chi connectivity index (χ2v) is 22.4. The number of piperidine rings is 2.